The molecule has 0 bridgehead atoms. The highest BCUT2D eigenvalue weighted by molar-refractivity contribution is 7.09. The van der Waals surface area contributed by atoms with Crippen LogP contribution in [-0.4, -0.2) is 24.2 Å². The maximum absolute atomic E-state index is 6.78. The van der Waals surface area contributed by atoms with E-state index in [1.54, 1.807) is 0 Å². The summed E-state index contributed by atoms with van der Waals surface area (Å²) in [6, 6.07) is 25.6. The molecule has 0 N–H and O–H groups in total. The topological polar surface area (TPSA) is 12.5 Å². The van der Waals surface area contributed by atoms with E-state index in [1.165, 1.54) is 28.8 Å². The molecule has 4 rings (SSSR count). The van der Waals surface area contributed by atoms with Crippen LogP contribution in [0.1, 0.15) is 41.4 Å². The van der Waals surface area contributed by atoms with E-state index in [0.717, 1.165) is 25.9 Å². The van der Waals surface area contributed by atoms with Crippen LogP contribution in [0.25, 0.3) is 0 Å². The summed E-state index contributed by atoms with van der Waals surface area (Å²) in [5.74, 6) is 0. The monoisotopic (exact) mass is 377 g/mol. The van der Waals surface area contributed by atoms with Crippen LogP contribution in [0.3, 0.4) is 0 Å². The van der Waals surface area contributed by atoms with Gasteiger partial charge in [-0.3, -0.25) is 4.90 Å². The minimum Gasteiger partial charge on any atom is -0.350 e. The van der Waals surface area contributed by atoms with Gasteiger partial charge in [0, 0.05) is 18.0 Å². The summed E-state index contributed by atoms with van der Waals surface area (Å²) >= 11 is 1.85. The van der Waals surface area contributed by atoms with E-state index >= 15 is 0 Å². The van der Waals surface area contributed by atoms with Crippen LogP contribution >= 0.6 is 11.3 Å². The Labute approximate surface area is 166 Å². The van der Waals surface area contributed by atoms with Crippen LogP contribution in [0.15, 0.2) is 78.2 Å². The van der Waals surface area contributed by atoms with Gasteiger partial charge >= 0.3 is 0 Å². The van der Waals surface area contributed by atoms with Gasteiger partial charge in [0.2, 0.25) is 0 Å². The van der Waals surface area contributed by atoms with Crippen LogP contribution in [0.4, 0.5) is 0 Å². The second kappa shape index (κ2) is 9.32. The van der Waals surface area contributed by atoms with Gasteiger partial charge in [-0.05, 0) is 48.3 Å². The van der Waals surface area contributed by atoms with E-state index in [4.69, 9.17) is 4.74 Å². The Hall–Kier alpha value is -1.94. The molecule has 3 heteroatoms. The molecule has 2 nitrogen and oxygen atoms in total. The van der Waals surface area contributed by atoms with Crippen molar-refractivity contribution >= 4 is 11.3 Å². The van der Waals surface area contributed by atoms with Crippen molar-refractivity contribution in [2.24, 2.45) is 0 Å². The predicted octanol–water partition coefficient (Wildman–Crippen LogP) is 5.91. The zero-order chi connectivity index (χ0) is 18.3. The average Bonchev–Trinajstić information content (AvgIpc) is 3.26. The maximum Gasteiger partial charge on any atom is 0.111 e. The normalized spacial score (nSPS) is 18.0. The fourth-order valence-corrected chi connectivity index (χ4v) is 4.54. The first-order chi connectivity index (χ1) is 13.4. The van der Waals surface area contributed by atoms with Gasteiger partial charge in [-0.25, -0.2) is 0 Å². The van der Waals surface area contributed by atoms with Gasteiger partial charge in [-0.1, -0.05) is 66.7 Å². The van der Waals surface area contributed by atoms with E-state index in [1.807, 2.05) is 11.3 Å². The molecule has 27 heavy (non-hydrogen) atoms. The van der Waals surface area contributed by atoms with Gasteiger partial charge in [-0.2, -0.15) is 0 Å². The zero-order valence-electron chi connectivity index (χ0n) is 15.7. The molecule has 3 aromatic rings. The standard InChI is InChI=1S/C24H27NOS/c1-3-10-20(11-4-1)24(21-12-5-2-6-13-21)26-23-15-7-8-17-25(23)18-16-22-14-9-19-27-22/h1-6,9-14,19,23-24H,7-8,15-18H2. The smallest absolute Gasteiger partial charge is 0.111 e. The lowest BCUT2D eigenvalue weighted by molar-refractivity contribution is -0.105. The maximum atomic E-state index is 6.78. The number of nitrogens with zero attached hydrogens (tertiary/aromatic N) is 1. The van der Waals surface area contributed by atoms with Crippen molar-refractivity contribution in [1.29, 1.82) is 0 Å². The number of rotatable bonds is 7. The summed E-state index contributed by atoms with van der Waals surface area (Å²) in [6.45, 7) is 2.20. The zero-order valence-corrected chi connectivity index (χ0v) is 16.5. The lowest BCUT2D eigenvalue weighted by Gasteiger charge is -2.38. The van der Waals surface area contributed by atoms with Gasteiger partial charge in [0.05, 0.1) is 0 Å². The summed E-state index contributed by atoms with van der Waals surface area (Å²) in [4.78, 5) is 4.00. The number of likely N-dealkylation sites (tertiary alicyclic amines) is 1. The highest BCUT2D eigenvalue weighted by Gasteiger charge is 2.27. The SMILES string of the molecule is c1ccc(C(OC2CCCCN2CCc2cccs2)c2ccccc2)cc1. The fraction of sp³-hybridized carbons (Fsp3) is 0.333. The molecule has 1 aromatic heterocycles. The largest absolute Gasteiger partial charge is 0.350 e. The Morgan fingerprint density at radius 3 is 2.22 bits per heavy atom. The van der Waals surface area contributed by atoms with Crippen LogP contribution < -0.4 is 0 Å². The Bertz CT molecular complexity index is 748. The number of benzene rings is 2. The first kappa shape index (κ1) is 18.4. The van der Waals surface area contributed by atoms with Crippen molar-refractivity contribution in [1.82, 2.24) is 4.90 Å². The molecule has 140 valence electrons. The van der Waals surface area contributed by atoms with Gasteiger partial charge in [-0.15, -0.1) is 11.3 Å². The molecular weight excluding hydrogens is 350 g/mol. The number of piperidine rings is 1. The molecule has 1 aliphatic rings. The summed E-state index contributed by atoms with van der Waals surface area (Å²) in [5.41, 5.74) is 2.46. The van der Waals surface area contributed by atoms with Gasteiger partial charge < -0.3 is 4.74 Å². The second-order valence-electron chi connectivity index (χ2n) is 7.15. The second-order valence-corrected chi connectivity index (χ2v) is 8.19. The van der Waals surface area contributed by atoms with E-state index in [-0.39, 0.29) is 12.3 Å². The molecule has 1 aliphatic heterocycles. The van der Waals surface area contributed by atoms with Crippen molar-refractivity contribution in [3.63, 3.8) is 0 Å². The van der Waals surface area contributed by atoms with Crippen molar-refractivity contribution in [3.8, 4) is 0 Å². The molecule has 2 heterocycles. The Morgan fingerprint density at radius 1 is 0.889 bits per heavy atom. The Morgan fingerprint density at radius 2 is 1.59 bits per heavy atom. The summed E-state index contributed by atoms with van der Waals surface area (Å²) in [6.07, 6.45) is 4.91. The van der Waals surface area contributed by atoms with Crippen molar-refractivity contribution in [2.75, 3.05) is 13.1 Å². The molecule has 0 amide bonds. The van der Waals surface area contributed by atoms with Crippen LogP contribution in [0.5, 0.6) is 0 Å². The van der Waals surface area contributed by atoms with Gasteiger partial charge in [0.15, 0.2) is 0 Å². The van der Waals surface area contributed by atoms with Gasteiger partial charge in [0.1, 0.15) is 12.3 Å². The van der Waals surface area contributed by atoms with Crippen LogP contribution in [0, 0.1) is 0 Å². The number of thiophene rings is 1. The van der Waals surface area contributed by atoms with E-state index in [2.05, 4.69) is 83.1 Å². The Balaban J connectivity index is 1.51. The molecular formula is C24H27NOS. The van der Waals surface area contributed by atoms with Crippen LogP contribution in [0.2, 0.25) is 0 Å². The third-order valence-corrected chi connectivity index (χ3v) is 6.21. The van der Waals surface area contributed by atoms with Gasteiger partial charge in [0.25, 0.3) is 0 Å². The predicted molar refractivity (Wildman–Crippen MR) is 113 cm³/mol. The number of ether oxygens (including phenoxy) is 1. The third-order valence-electron chi connectivity index (χ3n) is 5.28. The van der Waals surface area contributed by atoms with Crippen molar-refractivity contribution < 1.29 is 4.74 Å². The molecule has 1 atom stereocenters. The minimum atomic E-state index is -0.0141. The third kappa shape index (κ3) is 4.86. The Kier molecular flexibility index (Phi) is 6.36. The summed E-state index contributed by atoms with van der Waals surface area (Å²) < 4.78 is 6.78. The molecule has 0 saturated carbocycles. The lowest BCUT2D eigenvalue weighted by atomic mass is 10.0. The number of hydrogen-bond donors (Lipinski definition) is 0. The molecule has 0 spiro atoms. The summed E-state index contributed by atoms with van der Waals surface area (Å²) in [5, 5.41) is 2.17. The lowest BCUT2D eigenvalue weighted by Crippen LogP contribution is -2.43. The average molecular weight is 378 g/mol. The minimum absolute atomic E-state index is 0.0141. The van der Waals surface area contributed by atoms with Crippen molar-refractivity contribution in [2.45, 2.75) is 38.0 Å². The molecule has 1 fully saturated rings. The molecule has 2 aromatic carbocycles. The highest BCUT2D eigenvalue weighted by Crippen LogP contribution is 2.31. The quantitative estimate of drug-likeness (QED) is 0.507. The van der Waals surface area contributed by atoms with Crippen molar-refractivity contribution in [3.05, 3.63) is 94.2 Å². The molecule has 0 radical (unpaired) electrons. The molecule has 0 aliphatic carbocycles. The first-order valence-corrected chi connectivity index (χ1v) is 10.8. The van der Waals surface area contributed by atoms with E-state index < -0.39 is 0 Å². The van der Waals surface area contributed by atoms with E-state index in [0.29, 0.717) is 0 Å². The molecule has 1 saturated heterocycles. The first-order valence-electron chi connectivity index (χ1n) is 9.92. The summed E-state index contributed by atoms with van der Waals surface area (Å²) in [7, 11) is 0. The highest BCUT2D eigenvalue weighted by atomic mass is 32.1. The fourth-order valence-electron chi connectivity index (χ4n) is 3.84. The molecule has 1 unspecified atom stereocenters. The van der Waals surface area contributed by atoms with Crippen LogP contribution in [-0.2, 0) is 11.2 Å². The van der Waals surface area contributed by atoms with E-state index in [9.17, 15) is 0 Å². The number of hydrogen-bond acceptors (Lipinski definition) is 3.